The molecule has 0 unspecified atom stereocenters. The monoisotopic (exact) mass is 300 g/mol. The fraction of sp³-hybridized carbons (Fsp3) is 0.500. The van der Waals surface area contributed by atoms with Crippen LogP contribution in [0.1, 0.15) is 25.7 Å². The van der Waals surface area contributed by atoms with Gasteiger partial charge in [-0.3, -0.25) is 6.08 Å². The molecule has 1 rings (SSSR count). The fourth-order valence-electron chi connectivity index (χ4n) is 0.786. The summed E-state index contributed by atoms with van der Waals surface area (Å²) >= 11 is 0. The summed E-state index contributed by atoms with van der Waals surface area (Å²) in [6, 6.07) is 0. The summed E-state index contributed by atoms with van der Waals surface area (Å²) in [7, 11) is 0. The minimum absolute atomic E-state index is 0. The van der Waals surface area contributed by atoms with E-state index in [4.69, 9.17) is 0 Å². The molecular formula is C8H11Ir-. The SMILES string of the molecule is [C-]1=CCCC=CCC1.[Ir]. The third kappa shape index (κ3) is 4.62. The second-order valence-electron chi connectivity index (χ2n) is 2.00. The summed E-state index contributed by atoms with van der Waals surface area (Å²) in [6.07, 6.45) is 14.5. The van der Waals surface area contributed by atoms with Gasteiger partial charge in [-0.15, -0.1) is 0 Å². The van der Waals surface area contributed by atoms with Gasteiger partial charge < -0.3 is 6.08 Å². The topological polar surface area (TPSA) is 0 Å². The van der Waals surface area contributed by atoms with Gasteiger partial charge in [0.15, 0.2) is 0 Å². The molecule has 1 aliphatic carbocycles. The van der Waals surface area contributed by atoms with E-state index in [9.17, 15) is 0 Å². The maximum Gasteiger partial charge on any atom is 0 e. The van der Waals surface area contributed by atoms with E-state index < -0.39 is 0 Å². The van der Waals surface area contributed by atoms with Crippen LogP contribution in [0.2, 0.25) is 0 Å². The van der Waals surface area contributed by atoms with E-state index in [1.807, 2.05) is 0 Å². The molecule has 0 amide bonds. The Bertz CT molecular complexity index is 77.1. The van der Waals surface area contributed by atoms with E-state index in [-0.39, 0.29) is 20.1 Å². The molecule has 1 aliphatic rings. The minimum Gasteiger partial charge on any atom is -0.500 e. The van der Waals surface area contributed by atoms with Crippen LogP contribution in [0.15, 0.2) is 18.2 Å². The van der Waals surface area contributed by atoms with Crippen molar-refractivity contribution in [3.8, 4) is 0 Å². The molecule has 0 spiro atoms. The molecule has 0 saturated heterocycles. The van der Waals surface area contributed by atoms with Gasteiger partial charge in [-0.2, -0.15) is 6.42 Å². The summed E-state index contributed by atoms with van der Waals surface area (Å²) in [5, 5.41) is 0. The summed E-state index contributed by atoms with van der Waals surface area (Å²) in [5.41, 5.74) is 0. The van der Waals surface area contributed by atoms with Crippen molar-refractivity contribution in [1.29, 1.82) is 0 Å². The number of hydrogen-bond acceptors (Lipinski definition) is 0. The molecule has 0 aromatic carbocycles. The van der Waals surface area contributed by atoms with Gasteiger partial charge in [-0.1, -0.05) is 25.0 Å². The van der Waals surface area contributed by atoms with E-state index in [2.05, 4.69) is 24.3 Å². The van der Waals surface area contributed by atoms with E-state index in [0.717, 1.165) is 6.42 Å². The van der Waals surface area contributed by atoms with Gasteiger partial charge in [-0.25, -0.2) is 0 Å². The molecule has 0 heterocycles. The van der Waals surface area contributed by atoms with Crippen LogP contribution < -0.4 is 0 Å². The smallest absolute Gasteiger partial charge is 0 e. The van der Waals surface area contributed by atoms with Crippen molar-refractivity contribution in [2.75, 3.05) is 0 Å². The molecule has 9 heavy (non-hydrogen) atoms. The third-order valence-electron chi connectivity index (χ3n) is 1.24. The predicted octanol–water partition coefficient (Wildman–Crippen LogP) is 2.47. The van der Waals surface area contributed by atoms with Crippen molar-refractivity contribution in [2.24, 2.45) is 0 Å². The van der Waals surface area contributed by atoms with Crippen molar-refractivity contribution in [3.63, 3.8) is 0 Å². The van der Waals surface area contributed by atoms with Crippen LogP contribution in [0.4, 0.5) is 0 Å². The van der Waals surface area contributed by atoms with Crippen LogP contribution in [0.25, 0.3) is 0 Å². The van der Waals surface area contributed by atoms with Crippen molar-refractivity contribution in [2.45, 2.75) is 25.7 Å². The molecule has 1 radical (unpaired) electrons. The molecule has 0 bridgehead atoms. The summed E-state index contributed by atoms with van der Waals surface area (Å²) in [6.45, 7) is 0. The molecule has 0 saturated carbocycles. The summed E-state index contributed by atoms with van der Waals surface area (Å²) in [5.74, 6) is 0. The maximum absolute atomic E-state index is 3.21. The van der Waals surface area contributed by atoms with Crippen LogP contribution in [-0.4, -0.2) is 0 Å². The van der Waals surface area contributed by atoms with Crippen LogP contribution in [-0.2, 0) is 20.1 Å². The molecule has 53 valence electrons. The van der Waals surface area contributed by atoms with Gasteiger partial charge >= 0.3 is 0 Å². The summed E-state index contributed by atoms with van der Waals surface area (Å²) in [4.78, 5) is 0. The van der Waals surface area contributed by atoms with Gasteiger partial charge in [0.2, 0.25) is 0 Å². The Hall–Kier alpha value is 0.129. The first kappa shape index (κ1) is 9.13. The number of rotatable bonds is 0. The molecule has 0 atom stereocenters. The molecule has 0 aromatic rings. The van der Waals surface area contributed by atoms with Gasteiger partial charge in [0.25, 0.3) is 0 Å². The second kappa shape index (κ2) is 6.25. The van der Waals surface area contributed by atoms with Crippen LogP contribution >= 0.6 is 0 Å². The van der Waals surface area contributed by atoms with Crippen molar-refractivity contribution in [3.05, 3.63) is 24.3 Å². The maximum atomic E-state index is 3.21. The zero-order chi connectivity index (χ0) is 5.66. The normalized spacial score (nSPS) is 17.8. The molecular weight excluding hydrogens is 288 g/mol. The quantitative estimate of drug-likeness (QED) is 0.476. The average Bonchev–Trinajstić information content (AvgIpc) is 1.62. The number of hydrogen-bond donors (Lipinski definition) is 0. The largest absolute Gasteiger partial charge is 0.500 e. The van der Waals surface area contributed by atoms with Crippen LogP contribution in [0, 0.1) is 6.08 Å². The average molecular weight is 299 g/mol. The zero-order valence-electron chi connectivity index (χ0n) is 5.39. The van der Waals surface area contributed by atoms with Crippen molar-refractivity contribution < 1.29 is 20.1 Å². The van der Waals surface area contributed by atoms with Crippen molar-refractivity contribution >= 4 is 0 Å². The molecule has 1 heteroatoms. The Labute approximate surface area is 70.4 Å². The Morgan fingerprint density at radius 2 is 1.78 bits per heavy atom. The first-order valence-corrected chi connectivity index (χ1v) is 3.20. The second-order valence-corrected chi connectivity index (χ2v) is 2.00. The first-order valence-electron chi connectivity index (χ1n) is 3.20. The molecule has 0 nitrogen and oxygen atoms in total. The minimum atomic E-state index is 0. The predicted molar refractivity (Wildman–Crippen MR) is 35.4 cm³/mol. The Balaban J connectivity index is 0.000000640. The van der Waals surface area contributed by atoms with E-state index in [1.165, 1.54) is 19.3 Å². The Morgan fingerprint density at radius 3 is 2.67 bits per heavy atom. The van der Waals surface area contributed by atoms with E-state index >= 15 is 0 Å². The van der Waals surface area contributed by atoms with Gasteiger partial charge in [0.05, 0.1) is 0 Å². The van der Waals surface area contributed by atoms with Gasteiger partial charge in [0.1, 0.15) is 0 Å². The Morgan fingerprint density at radius 1 is 1.00 bits per heavy atom. The van der Waals surface area contributed by atoms with Gasteiger partial charge in [0, 0.05) is 20.1 Å². The standard InChI is InChI=1S/C8H11.Ir/c1-2-4-6-8-7-5-3-1;/h1-2,7H,3-6H2;/q-1;. The zero-order valence-corrected chi connectivity index (χ0v) is 7.79. The number of allylic oxidation sites excluding steroid dienone is 4. The van der Waals surface area contributed by atoms with Crippen LogP contribution in [0.5, 0.6) is 0 Å². The Kier molecular flexibility index (Phi) is 6.34. The van der Waals surface area contributed by atoms with E-state index in [0.29, 0.717) is 0 Å². The van der Waals surface area contributed by atoms with E-state index in [1.54, 1.807) is 0 Å². The summed E-state index contributed by atoms with van der Waals surface area (Å²) < 4.78 is 0. The fourth-order valence-corrected chi connectivity index (χ4v) is 0.786. The molecule has 0 aliphatic heterocycles. The third-order valence-corrected chi connectivity index (χ3v) is 1.24. The van der Waals surface area contributed by atoms with Gasteiger partial charge in [-0.05, 0) is 6.42 Å². The van der Waals surface area contributed by atoms with Crippen molar-refractivity contribution in [1.82, 2.24) is 0 Å². The molecule has 0 N–H and O–H groups in total. The van der Waals surface area contributed by atoms with Crippen LogP contribution in [0.3, 0.4) is 0 Å². The molecule has 0 fully saturated rings. The molecule has 0 aromatic heterocycles. The first-order chi connectivity index (χ1) is 4.00.